The molecule has 30 heavy (non-hydrogen) atoms. The van der Waals surface area contributed by atoms with Gasteiger partial charge in [-0.25, -0.2) is 9.97 Å². The number of nitrogens with one attached hydrogen (secondary N) is 1. The molecule has 2 aromatic rings. The summed E-state index contributed by atoms with van der Waals surface area (Å²) in [5, 5.41) is 3.32. The SMILES string of the molecule is Nc1ncc(-c2cc(N3C[C@@H]4C[C@H]3CO4)nc(NCCC3CC3)n2)cc1OC(F)F. The van der Waals surface area contributed by atoms with Gasteiger partial charge in [-0.3, -0.25) is 0 Å². The molecule has 10 heteroatoms. The maximum atomic E-state index is 12.7. The van der Waals surface area contributed by atoms with Crippen molar-refractivity contribution >= 4 is 17.6 Å². The number of nitrogens with zero attached hydrogens (tertiary/aromatic N) is 4. The minimum atomic E-state index is -2.98. The molecule has 0 unspecified atom stereocenters. The summed E-state index contributed by atoms with van der Waals surface area (Å²) in [6, 6.07) is 3.58. The van der Waals surface area contributed by atoms with Crippen molar-refractivity contribution < 1.29 is 18.3 Å². The Hall–Kier alpha value is -2.75. The lowest BCUT2D eigenvalue weighted by molar-refractivity contribution is -0.0494. The molecule has 1 aliphatic carbocycles. The highest BCUT2D eigenvalue weighted by atomic mass is 19.3. The van der Waals surface area contributed by atoms with E-state index in [1.807, 2.05) is 6.07 Å². The van der Waals surface area contributed by atoms with Crippen molar-refractivity contribution in [1.82, 2.24) is 15.0 Å². The molecule has 2 aromatic heterocycles. The zero-order valence-electron chi connectivity index (χ0n) is 16.4. The van der Waals surface area contributed by atoms with E-state index >= 15 is 0 Å². The third kappa shape index (κ3) is 4.09. The lowest BCUT2D eigenvalue weighted by Gasteiger charge is -2.28. The Balaban J connectivity index is 1.46. The molecule has 3 N–H and O–H groups in total. The molecule has 0 aromatic carbocycles. The van der Waals surface area contributed by atoms with Crippen LogP contribution in [0.15, 0.2) is 18.3 Å². The highest BCUT2D eigenvalue weighted by molar-refractivity contribution is 5.68. The molecule has 4 heterocycles. The van der Waals surface area contributed by atoms with Crippen molar-refractivity contribution in [1.29, 1.82) is 0 Å². The van der Waals surface area contributed by atoms with Crippen LogP contribution in [0.25, 0.3) is 11.3 Å². The van der Waals surface area contributed by atoms with Gasteiger partial charge >= 0.3 is 6.61 Å². The number of alkyl halides is 2. The summed E-state index contributed by atoms with van der Waals surface area (Å²) in [6.07, 6.45) is 6.38. The zero-order valence-corrected chi connectivity index (χ0v) is 16.4. The van der Waals surface area contributed by atoms with E-state index in [-0.39, 0.29) is 17.7 Å². The van der Waals surface area contributed by atoms with Gasteiger partial charge in [-0.1, -0.05) is 12.8 Å². The zero-order chi connectivity index (χ0) is 20.7. The fraction of sp³-hybridized carbons (Fsp3) is 0.550. The predicted molar refractivity (Wildman–Crippen MR) is 108 cm³/mol. The van der Waals surface area contributed by atoms with E-state index in [9.17, 15) is 8.78 Å². The lowest BCUT2D eigenvalue weighted by atomic mass is 10.2. The predicted octanol–water partition coefficient (Wildman–Crippen LogP) is 2.91. The summed E-state index contributed by atoms with van der Waals surface area (Å²) >= 11 is 0. The smallest absolute Gasteiger partial charge is 0.387 e. The number of ether oxygens (including phenoxy) is 2. The third-order valence-corrected chi connectivity index (χ3v) is 5.83. The Kier molecular flexibility index (Phi) is 5.01. The van der Waals surface area contributed by atoms with Crippen LogP contribution < -0.4 is 20.7 Å². The molecule has 0 spiro atoms. The van der Waals surface area contributed by atoms with E-state index in [2.05, 4.69) is 24.9 Å². The Morgan fingerprint density at radius 1 is 1.30 bits per heavy atom. The summed E-state index contributed by atoms with van der Waals surface area (Å²) in [5.41, 5.74) is 6.79. The molecule has 5 rings (SSSR count). The average Bonchev–Trinajstić information content (AvgIpc) is 3.30. The van der Waals surface area contributed by atoms with Crippen molar-refractivity contribution in [3.05, 3.63) is 18.3 Å². The van der Waals surface area contributed by atoms with Crippen LogP contribution in [0.3, 0.4) is 0 Å². The molecular formula is C20H24F2N6O2. The normalized spacial score (nSPS) is 22.7. The molecule has 2 aliphatic heterocycles. The molecule has 2 atom stereocenters. The number of anilines is 3. The van der Waals surface area contributed by atoms with Crippen LogP contribution in [-0.2, 0) is 4.74 Å². The summed E-state index contributed by atoms with van der Waals surface area (Å²) in [5.74, 6) is 1.84. The number of nitrogens with two attached hydrogens (primary N) is 1. The fourth-order valence-corrected chi connectivity index (χ4v) is 4.07. The number of pyridine rings is 1. The topological polar surface area (TPSA) is 98.4 Å². The van der Waals surface area contributed by atoms with Gasteiger partial charge in [0.1, 0.15) is 5.82 Å². The number of aromatic nitrogens is 3. The molecule has 3 aliphatic rings. The summed E-state index contributed by atoms with van der Waals surface area (Å²) in [6.45, 7) is -0.722. The van der Waals surface area contributed by atoms with E-state index < -0.39 is 6.61 Å². The summed E-state index contributed by atoms with van der Waals surface area (Å²) in [4.78, 5) is 15.5. The first-order valence-corrected chi connectivity index (χ1v) is 10.3. The Bertz CT molecular complexity index is 926. The van der Waals surface area contributed by atoms with Gasteiger partial charge in [-0.15, -0.1) is 0 Å². The lowest BCUT2D eigenvalue weighted by Crippen LogP contribution is -2.37. The van der Waals surface area contributed by atoms with Crippen molar-refractivity contribution in [2.75, 3.05) is 35.6 Å². The second-order valence-corrected chi connectivity index (χ2v) is 8.08. The van der Waals surface area contributed by atoms with Crippen LogP contribution in [-0.4, -0.2) is 53.4 Å². The number of nitrogen functional groups attached to an aromatic ring is 1. The minimum absolute atomic E-state index is 0.0925. The first kappa shape index (κ1) is 19.2. The van der Waals surface area contributed by atoms with E-state index in [0.717, 1.165) is 37.7 Å². The quantitative estimate of drug-likeness (QED) is 0.675. The Morgan fingerprint density at radius 2 is 2.17 bits per heavy atom. The average molecular weight is 418 g/mol. The van der Waals surface area contributed by atoms with Gasteiger partial charge in [0.15, 0.2) is 11.6 Å². The second kappa shape index (κ2) is 7.82. The molecule has 0 amide bonds. The van der Waals surface area contributed by atoms with E-state index in [1.54, 1.807) is 0 Å². The number of morpholine rings is 1. The van der Waals surface area contributed by atoms with Gasteiger partial charge in [-0.2, -0.15) is 13.8 Å². The maximum Gasteiger partial charge on any atom is 0.387 e. The number of rotatable bonds is 8. The van der Waals surface area contributed by atoms with Gasteiger partial charge in [-0.05, 0) is 24.8 Å². The van der Waals surface area contributed by atoms with E-state index in [4.69, 9.17) is 15.5 Å². The summed E-state index contributed by atoms with van der Waals surface area (Å²) in [7, 11) is 0. The largest absolute Gasteiger partial charge is 0.431 e. The standard InChI is InChI=1S/C20H24F2N6O2/c21-19(22)30-16-5-12(8-25-18(16)23)15-7-17(28-9-14-6-13(28)10-29-14)27-20(26-15)24-4-3-11-1-2-11/h5,7-8,11,13-14,19H,1-4,6,9-10H2,(H2,23,25)(H,24,26,27)/t13-,14-/m0/s1. The van der Waals surface area contributed by atoms with Crippen molar-refractivity contribution in [2.24, 2.45) is 5.92 Å². The van der Waals surface area contributed by atoms with Crippen molar-refractivity contribution in [3.8, 4) is 17.0 Å². The second-order valence-electron chi connectivity index (χ2n) is 8.08. The third-order valence-electron chi connectivity index (χ3n) is 5.83. The van der Waals surface area contributed by atoms with Gasteiger partial charge < -0.3 is 25.4 Å². The monoisotopic (exact) mass is 418 g/mol. The molecule has 3 fully saturated rings. The Labute approximate surface area is 172 Å². The highest BCUT2D eigenvalue weighted by Gasteiger charge is 2.40. The fourth-order valence-electron chi connectivity index (χ4n) is 4.07. The molecule has 2 saturated heterocycles. The number of hydrogen-bond donors (Lipinski definition) is 2. The minimum Gasteiger partial charge on any atom is -0.431 e. The van der Waals surface area contributed by atoms with Gasteiger partial charge in [0.2, 0.25) is 5.95 Å². The summed E-state index contributed by atoms with van der Waals surface area (Å²) < 4.78 is 35.6. The molecule has 0 radical (unpaired) electrons. The highest BCUT2D eigenvalue weighted by Crippen LogP contribution is 2.35. The van der Waals surface area contributed by atoms with Gasteiger partial charge in [0.05, 0.1) is 24.4 Å². The molecular weight excluding hydrogens is 394 g/mol. The van der Waals surface area contributed by atoms with Crippen molar-refractivity contribution in [2.45, 2.75) is 44.4 Å². The first-order chi connectivity index (χ1) is 14.5. The molecule has 8 nitrogen and oxygen atoms in total. The number of fused-ring (bicyclic) bond motifs is 2. The van der Waals surface area contributed by atoms with Crippen LogP contribution in [0.4, 0.5) is 26.4 Å². The van der Waals surface area contributed by atoms with E-state index in [0.29, 0.717) is 29.9 Å². The van der Waals surface area contributed by atoms with Gasteiger partial charge in [0.25, 0.3) is 0 Å². The van der Waals surface area contributed by atoms with Crippen LogP contribution >= 0.6 is 0 Å². The Morgan fingerprint density at radius 3 is 2.87 bits per heavy atom. The van der Waals surface area contributed by atoms with Crippen LogP contribution in [0.5, 0.6) is 5.75 Å². The molecule has 160 valence electrons. The molecule has 2 bridgehead atoms. The van der Waals surface area contributed by atoms with Crippen LogP contribution in [0, 0.1) is 5.92 Å². The first-order valence-electron chi connectivity index (χ1n) is 10.3. The molecule has 1 saturated carbocycles. The van der Waals surface area contributed by atoms with Crippen LogP contribution in [0.2, 0.25) is 0 Å². The van der Waals surface area contributed by atoms with E-state index in [1.165, 1.54) is 25.1 Å². The van der Waals surface area contributed by atoms with Crippen LogP contribution in [0.1, 0.15) is 25.7 Å². The maximum absolute atomic E-state index is 12.7. The van der Waals surface area contributed by atoms with Gasteiger partial charge in [0, 0.05) is 30.9 Å². The van der Waals surface area contributed by atoms with Crippen molar-refractivity contribution in [3.63, 3.8) is 0 Å². The number of halogens is 2. The number of hydrogen-bond acceptors (Lipinski definition) is 8.